The van der Waals surface area contributed by atoms with Crippen LogP contribution in [0.1, 0.15) is 0 Å². The summed E-state index contributed by atoms with van der Waals surface area (Å²) in [6, 6.07) is 13.8. The Bertz CT molecular complexity index is 2620. The predicted molar refractivity (Wildman–Crippen MR) is 179 cm³/mol. The van der Waals surface area contributed by atoms with Gasteiger partial charge in [-0.05, 0) is 53.9 Å². The number of rotatable bonds is 8. The van der Waals surface area contributed by atoms with Crippen LogP contribution in [0.5, 0.6) is 5.75 Å². The molecule has 7 N–H and O–H groups in total. The fourth-order valence-electron chi connectivity index (χ4n) is 4.61. The van der Waals surface area contributed by atoms with Crippen LogP contribution in [-0.4, -0.2) is 44.0 Å². The second-order valence-corrected chi connectivity index (χ2v) is 15.1. The molecule has 5 aromatic carbocycles. The Morgan fingerprint density at radius 3 is 1.40 bits per heavy atom. The van der Waals surface area contributed by atoms with Crippen LogP contribution in [0.15, 0.2) is 102 Å². The molecule has 0 heterocycles. The summed E-state index contributed by atoms with van der Waals surface area (Å²) in [5.74, 6) is -0.635. The van der Waals surface area contributed by atoms with Crippen molar-refractivity contribution >= 4 is 104 Å². The molecule has 0 unspecified atom stereocenters. The van der Waals surface area contributed by atoms with E-state index in [1.165, 1.54) is 54.6 Å². The van der Waals surface area contributed by atoms with E-state index in [1.54, 1.807) is 0 Å². The Labute approximate surface area is 378 Å². The number of phenolic OH excluding ortho intramolecular Hbond substituents is 1. The van der Waals surface area contributed by atoms with Crippen LogP contribution in [-0.2, 0) is 30.4 Å². The normalized spacial score (nSPS) is 12.0. The summed E-state index contributed by atoms with van der Waals surface area (Å²) in [6.07, 6.45) is 0. The van der Waals surface area contributed by atoms with Gasteiger partial charge >= 0.3 is 88.7 Å². The minimum absolute atomic E-state index is 0. The van der Waals surface area contributed by atoms with E-state index < -0.39 is 73.5 Å². The third-order valence-electron chi connectivity index (χ3n) is 6.91. The molecule has 0 amide bonds. The summed E-state index contributed by atoms with van der Waals surface area (Å²) in [5.41, 5.74) is 15.2. The van der Waals surface area contributed by atoms with Crippen molar-refractivity contribution in [1.29, 1.82) is 0 Å². The third-order valence-corrected chi connectivity index (χ3v) is 10.1. The number of benzene rings is 5. The van der Waals surface area contributed by atoms with Crippen LogP contribution in [0, 0.1) is 0 Å². The Balaban J connectivity index is 0.00000324. The standard InChI is InChI=1S/C28H21Cl2N7O10S3.3Na/c29-19-9-14(34-36-26-23(50(45,46)47)7-12-1-2-13(31)8-18(12)28(26)38)3-5-16(19)17-6-4-15(10-20(17)30)35-37-27-24(32)21(48(39,40)41)11-22(25(27)33)49(42,43)44;;;/h1-11,38H,31-33H2,(H,39,40,41)(H,42,43,44)(H,45,46,47);;;/q;3*+1/p-3. The molecule has 17 nitrogen and oxygen atoms in total. The number of nitrogen functional groups attached to an aromatic ring is 3. The quantitative estimate of drug-likeness (QED) is 0.0519. The summed E-state index contributed by atoms with van der Waals surface area (Å²) in [7, 11) is -15.8. The van der Waals surface area contributed by atoms with Gasteiger partial charge < -0.3 is 36.0 Å². The van der Waals surface area contributed by atoms with Crippen molar-refractivity contribution in [3.63, 3.8) is 0 Å². The molecule has 0 aliphatic heterocycles. The van der Waals surface area contributed by atoms with Gasteiger partial charge in [-0.2, -0.15) is 10.2 Å². The smallest absolute Gasteiger partial charge is 0.744 e. The van der Waals surface area contributed by atoms with Crippen molar-refractivity contribution in [3.05, 3.63) is 76.8 Å². The van der Waals surface area contributed by atoms with Gasteiger partial charge in [-0.1, -0.05) is 41.4 Å². The number of hydrogen-bond donors (Lipinski definition) is 4. The molecule has 0 bridgehead atoms. The van der Waals surface area contributed by atoms with Gasteiger partial charge in [0.15, 0.2) is 5.75 Å². The van der Waals surface area contributed by atoms with Crippen LogP contribution in [0.2, 0.25) is 10.0 Å². The number of azo groups is 2. The summed E-state index contributed by atoms with van der Waals surface area (Å²) >= 11 is 12.9. The van der Waals surface area contributed by atoms with Crippen LogP contribution in [0.3, 0.4) is 0 Å². The first-order valence-corrected chi connectivity index (χ1v) is 18.2. The molecular formula is C28H18Cl2N7Na3O10S3. The minimum Gasteiger partial charge on any atom is -0.744 e. The largest absolute Gasteiger partial charge is 1.00 e. The van der Waals surface area contributed by atoms with Gasteiger partial charge in [0.1, 0.15) is 41.7 Å². The number of hydrogen-bond acceptors (Lipinski definition) is 17. The topological polar surface area (TPSA) is 319 Å². The van der Waals surface area contributed by atoms with Gasteiger partial charge in [0.2, 0.25) is 0 Å². The molecular weight excluding hydrogens is 830 g/mol. The summed E-state index contributed by atoms with van der Waals surface area (Å²) in [5, 5.41) is 26.5. The molecule has 0 saturated carbocycles. The first kappa shape index (κ1) is 47.2. The van der Waals surface area contributed by atoms with E-state index >= 15 is 0 Å². The molecule has 0 radical (unpaired) electrons. The molecule has 0 aliphatic rings. The molecule has 5 rings (SSSR count). The number of anilines is 3. The van der Waals surface area contributed by atoms with E-state index in [-0.39, 0.29) is 133 Å². The number of nitrogens with two attached hydrogens (primary N) is 3. The van der Waals surface area contributed by atoms with Gasteiger partial charge in [0, 0.05) is 22.2 Å². The molecule has 0 aromatic heterocycles. The van der Waals surface area contributed by atoms with Crippen LogP contribution >= 0.6 is 23.2 Å². The Morgan fingerprint density at radius 2 is 0.981 bits per heavy atom. The molecule has 0 fully saturated rings. The maximum atomic E-state index is 12.0. The van der Waals surface area contributed by atoms with Crippen LogP contribution in [0.25, 0.3) is 21.9 Å². The van der Waals surface area contributed by atoms with Gasteiger partial charge in [0.05, 0.1) is 47.5 Å². The second-order valence-electron chi connectivity index (χ2n) is 10.2. The fourth-order valence-corrected chi connectivity index (χ4v) is 7.13. The second kappa shape index (κ2) is 17.9. The zero-order valence-corrected chi connectivity index (χ0v) is 37.4. The fraction of sp³-hybridized carbons (Fsp3) is 0. The first-order valence-electron chi connectivity index (χ1n) is 13.2. The van der Waals surface area contributed by atoms with Gasteiger partial charge in [-0.15, -0.1) is 10.2 Å². The number of halogens is 2. The molecule has 25 heteroatoms. The summed E-state index contributed by atoms with van der Waals surface area (Å²) in [4.78, 5) is -3.29. The average Bonchev–Trinajstić information content (AvgIpc) is 2.99. The molecule has 0 saturated heterocycles. The zero-order chi connectivity index (χ0) is 36.9. The first-order chi connectivity index (χ1) is 23.2. The molecule has 260 valence electrons. The van der Waals surface area contributed by atoms with Crippen molar-refractivity contribution in [3.8, 4) is 16.9 Å². The molecule has 0 spiro atoms. The number of phenols is 1. The van der Waals surface area contributed by atoms with Gasteiger partial charge in [-0.3, -0.25) is 0 Å². The van der Waals surface area contributed by atoms with Crippen molar-refractivity contribution in [2.75, 3.05) is 17.2 Å². The summed E-state index contributed by atoms with van der Waals surface area (Å²) in [6.45, 7) is 0. The van der Waals surface area contributed by atoms with Crippen LogP contribution < -0.4 is 106 Å². The van der Waals surface area contributed by atoms with Crippen LogP contribution in [0.4, 0.5) is 39.8 Å². The molecule has 53 heavy (non-hydrogen) atoms. The maximum Gasteiger partial charge on any atom is 1.00 e. The minimum atomic E-state index is -5.36. The van der Waals surface area contributed by atoms with Gasteiger partial charge in [0.25, 0.3) is 0 Å². The Kier molecular flexibility index (Phi) is 15.9. The van der Waals surface area contributed by atoms with E-state index in [9.17, 15) is 44.0 Å². The van der Waals surface area contributed by atoms with E-state index in [0.717, 1.165) is 6.07 Å². The number of fused-ring (bicyclic) bond motifs is 1. The van der Waals surface area contributed by atoms with E-state index in [2.05, 4.69) is 20.5 Å². The Hall–Kier alpha value is -1.93. The van der Waals surface area contributed by atoms with Crippen molar-refractivity contribution in [2.24, 2.45) is 20.5 Å². The molecule has 5 aromatic rings. The molecule has 0 aliphatic carbocycles. The van der Waals surface area contributed by atoms with Crippen molar-refractivity contribution in [1.82, 2.24) is 0 Å². The van der Waals surface area contributed by atoms with E-state index in [4.69, 9.17) is 40.4 Å². The zero-order valence-electron chi connectivity index (χ0n) is 27.5. The van der Waals surface area contributed by atoms with Gasteiger partial charge in [-0.25, -0.2) is 25.3 Å². The maximum absolute atomic E-state index is 12.0. The summed E-state index contributed by atoms with van der Waals surface area (Å²) < 4.78 is 106. The van der Waals surface area contributed by atoms with Crippen molar-refractivity contribution in [2.45, 2.75) is 14.7 Å². The average molecular weight is 849 g/mol. The SMILES string of the molecule is Nc1ccc2cc(S(=O)(=O)[O-])c(N=Nc3ccc(-c4ccc(N=Nc5c(N)c(S(=O)(=O)[O-])cc(S(=O)(=O)[O-])c5N)cc4Cl)c(Cl)c3)c(O)c2c1.[Na+].[Na+].[Na+]. The van der Waals surface area contributed by atoms with Crippen molar-refractivity contribution < 1.29 is 133 Å². The monoisotopic (exact) mass is 847 g/mol. The van der Waals surface area contributed by atoms with E-state index in [1.807, 2.05) is 0 Å². The number of nitrogens with zero attached hydrogens (tertiary/aromatic N) is 4. The van der Waals surface area contributed by atoms with E-state index in [0.29, 0.717) is 11.1 Å². The molecule has 0 atom stereocenters. The number of aromatic hydroxyl groups is 1. The predicted octanol–water partition coefficient (Wildman–Crippen LogP) is -3.18. The third kappa shape index (κ3) is 10.5. The Morgan fingerprint density at radius 1 is 0.547 bits per heavy atom.